The Labute approximate surface area is 88.7 Å². The number of carbonyl (C=O) groups is 2. The van der Waals surface area contributed by atoms with Gasteiger partial charge < -0.3 is 10.2 Å². The summed E-state index contributed by atoms with van der Waals surface area (Å²) in [5.41, 5.74) is 0. The zero-order valence-corrected chi connectivity index (χ0v) is 8.69. The van der Waals surface area contributed by atoms with E-state index in [1.165, 1.54) is 6.42 Å². The highest BCUT2D eigenvalue weighted by Crippen LogP contribution is 2.24. The van der Waals surface area contributed by atoms with Crippen molar-refractivity contribution in [3.8, 4) is 0 Å². The molecule has 5 nitrogen and oxygen atoms in total. The highest BCUT2D eigenvalue weighted by Gasteiger charge is 2.21. The molecular formula is C10H17NO4. The average Bonchev–Trinajstić information content (AvgIpc) is 2.17. The van der Waals surface area contributed by atoms with E-state index in [0.717, 1.165) is 30.6 Å². The summed E-state index contributed by atoms with van der Waals surface area (Å²) in [5.74, 6) is -0.748. The molecular weight excluding hydrogens is 198 g/mol. The third-order valence-electron chi connectivity index (χ3n) is 2.80. The van der Waals surface area contributed by atoms with E-state index >= 15 is 0 Å². The molecule has 0 bridgehead atoms. The molecule has 2 N–H and O–H groups in total. The summed E-state index contributed by atoms with van der Waals surface area (Å²) in [6.07, 6.45) is 4.37. The third-order valence-corrected chi connectivity index (χ3v) is 2.80. The van der Waals surface area contributed by atoms with Crippen LogP contribution in [0.4, 0.5) is 4.79 Å². The standard InChI is InChI=1S/C10H17NO4/c12-9(13)7-11(10(14)15)6-8-4-2-1-3-5-8/h8H,1-7H2,(H,12,13)(H,14,15). The van der Waals surface area contributed by atoms with Gasteiger partial charge in [0, 0.05) is 6.54 Å². The molecule has 86 valence electrons. The van der Waals surface area contributed by atoms with E-state index in [-0.39, 0.29) is 0 Å². The van der Waals surface area contributed by atoms with E-state index in [9.17, 15) is 9.59 Å². The second-order valence-corrected chi connectivity index (χ2v) is 4.06. The molecule has 0 saturated heterocycles. The Kier molecular flexibility index (Phi) is 4.39. The van der Waals surface area contributed by atoms with Crippen LogP contribution in [0.15, 0.2) is 0 Å². The lowest BCUT2D eigenvalue weighted by Crippen LogP contribution is -2.38. The van der Waals surface area contributed by atoms with E-state index in [2.05, 4.69) is 0 Å². The van der Waals surface area contributed by atoms with Crippen LogP contribution in [0.5, 0.6) is 0 Å². The topological polar surface area (TPSA) is 77.8 Å². The van der Waals surface area contributed by atoms with Gasteiger partial charge in [0.2, 0.25) is 0 Å². The molecule has 0 aromatic carbocycles. The van der Waals surface area contributed by atoms with E-state index in [1.807, 2.05) is 0 Å². The van der Waals surface area contributed by atoms with Crippen LogP contribution in [0, 0.1) is 5.92 Å². The van der Waals surface area contributed by atoms with Crippen molar-refractivity contribution in [1.29, 1.82) is 0 Å². The number of aliphatic carboxylic acids is 1. The first-order chi connectivity index (χ1) is 7.09. The molecule has 1 amide bonds. The van der Waals surface area contributed by atoms with Crippen LogP contribution < -0.4 is 0 Å². The maximum absolute atomic E-state index is 10.8. The fraction of sp³-hybridized carbons (Fsp3) is 0.800. The van der Waals surface area contributed by atoms with Gasteiger partial charge in [0.05, 0.1) is 0 Å². The lowest BCUT2D eigenvalue weighted by atomic mass is 9.89. The summed E-state index contributed by atoms with van der Waals surface area (Å²) in [7, 11) is 0. The molecule has 0 aliphatic heterocycles. The van der Waals surface area contributed by atoms with Crippen molar-refractivity contribution in [3.63, 3.8) is 0 Å². The number of rotatable bonds is 4. The van der Waals surface area contributed by atoms with Gasteiger partial charge in [-0.2, -0.15) is 0 Å². The number of hydrogen-bond donors (Lipinski definition) is 2. The second-order valence-electron chi connectivity index (χ2n) is 4.06. The first-order valence-corrected chi connectivity index (χ1v) is 5.29. The van der Waals surface area contributed by atoms with Gasteiger partial charge in [-0.3, -0.25) is 9.69 Å². The first-order valence-electron chi connectivity index (χ1n) is 5.29. The van der Waals surface area contributed by atoms with Crippen LogP contribution in [0.3, 0.4) is 0 Å². The molecule has 0 aromatic rings. The highest BCUT2D eigenvalue weighted by atomic mass is 16.4. The summed E-state index contributed by atoms with van der Waals surface area (Å²) in [4.78, 5) is 22.2. The maximum Gasteiger partial charge on any atom is 0.407 e. The molecule has 0 aromatic heterocycles. The number of amides is 1. The summed E-state index contributed by atoms with van der Waals surface area (Å²) >= 11 is 0. The average molecular weight is 215 g/mol. The molecule has 0 unspecified atom stereocenters. The smallest absolute Gasteiger partial charge is 0.407 e. The van der Waals surface area contributed by atoms with Crippen LogP contribution in [0.2, 0.25) is 0 Å². The van der Waals surface area contributed by atoms with Crippen LogP contribution in [0.25, 0.3) is 0 Å². The van der Waals surface area contributed by atoms with Gasteiger partial charge in [0.15, 0.2) is 0 Å². The molecule has 5 heteroatoms. The van der Waals surface area contributed by atoms with Gasteiger partial charge in [-0.25, -0.2) is 4.79 Å². The van der Waals surface area contributed by atoms with Crippen molar-refractivity contribution in [1.82, 2.24) is 4.90 Å². The Morgan fingerprint density at radius 1 is 1.13 bits per heavy atom. The summed E-state index contributed by atoms with van der Waals surface area (Å²) in [6, 6.07) is 0. The van der Waals surface area contributed by atoms with Crippen molar-refractivity contribution >= 4 is 12.1 Å². The van der Waals surface area contributed by atoms with Crippen molar-refractivity contribution < 1.29 is 19.8 Å². The summed E-state index contributed by atoms with van der Waals surface area (Å²) < 4.78 is 0. The molecule has 0 atom stereocenters. The predicted octanol–water partition coefficient (Wildman–Crippen LogP) is 1.63. The largest absolute Gasteiger partial charge is 0.480 e. The Hall–Kier alpha value is -1.26. The Morgan fingerprint density at radius 3 is 2.20 bits per heavy atom. The van der Waals surface area contributed by atoms with Gasteiger partial charge in [0.1, 0.15) is 6.54 Å². The van der Waals surface area contributed by atoms with Crippen LogP contribution in [0.1, 0.15) is 32.1 Å². The first kappa shape index (κ1) is 11.8. The number of carboxylic acids is 1. The van der Waals surface area contributed by atoms with Gasteiger partial charge in [-0.05, 0) is 18.8 Å². The SMILES string of the molecule is O=C(O)CN(CC1CCCCC1)C(=O)O. The molecule has 0 heterocycles. The molecule has 15 heavy (non-hydrogen) atoms. The zero-order valence-electron chi connectivity index (χ0n) is 8.69. The number of nitrogens with zero attached hydrogens (tertiary/aromatic N) is 1. The van der Waals surface area contributed by atoms with Gasteiger partial charge in [-0.1, -0.05) is 19.3 Å². The molecule has 1 aliphatic rings. The quantitative estimate of drug-likeness (QED) is 0.747. The van der Waals surface area contributed by atoms with Crippen LogP contribution >= 0.6 is 0 Å². The normalized spacial score (nSPS) is 17.3. The zero-order chi connectivity index (χ0) is 11.3. The van der Waals surface area contributed by atoms with Gasteiger partial charge >= 0.3 is 12.1 Å². The molecule has 0 spiro atoms. The van der Waals surface area contributed by atoms with Crippen molar-refractivity contribution in [2.45, 2.75) is 32.1 Å². The summed E-state index contributed by atoms with van der Waals surface area (Å²) in [5, 5.41) is 17.4. The van der Waals surface area contributed by atoms with Crippen LogP contribution in [-0.2, 0) is 4.79 Å². The lowest BCUT2D eigenvalue weighted by Gasteiger charge is -2.26. The third kappa shape index (κ3) is 4.18. The number of carboxylic acid groups (broad SMARTS) is 2. The summed E-state index contributed by atoms with van der Waals surface area (Å²) in [6.45, 7) is -0.0481. The van der Waals surface area contributed by atoms with Crippen molar-refractivity contribution in [2.75, 3.05) is 13.1 Å². The fourth-order valence-corrected chi connectivity index (χ4v) is 2.05. The number of hydrogen-bond acceptors (Lipinski definition) is 2. The lowest BCUT2D eigenvalue weighted by molar-refractivity contribution is -0.138. The van der Waals surface area contributed by atoms with Crippen molar-refractivity contribution in [2.24, 2.45) is 5.92 Å². The minimum Gasteiger partial charge on any atom is -0.480 e. The van der Waals surface area contributed by atoms with Crippen molar-refractivity contribution in [3.05, 3.63) is 0 Å². The molecule has 1 aliphatic carbocycles. The Morgan fingerprint density at radius 2 is 1.73 bits per heavy atom. The van der Waals surface area contributed by atoms with Crippen LogP contribution in [-0.4, -0.2) is 40.3 Å². The fourth-order valence-electron chi connectivity index (χ4n) is 2.05. The molecule has 1 fully saturated rings. The van der Waals surface area contributed by atoms with E-state index in [0.29, 0.717) is 12.5 Å². The molecule has 1 rings (SSSR count). The Bertz CT molecular complexity index is 236. The van der Waals surface area contributed by atoms with E-state index < -0.39 is 18.6 Å². The van der Waals surface area contributed by atoms with E-state index in [4.69, 9.17) is 10.2 Å². The highest BCUT2D eigenvalue weighted by molar-refractivity contribution is 5.75. The minimum absolute atomic E-state index is 0.342. The Balaban J connectivity index is 2.42. The predicted molar refractivity (Wildman–Crippen MR) is 53.8 cm³/mol. The minimum atomic E-state index is -1.14. The molecule has 0 radical (unpaired) electrons. The maximum atomic E-state index is 10.8. The second kappa shape index (κ2) is 5.58. The van der Waals surface area contributed by atoms with Gasteiger partial charge in [0.25, 0.3) is 0 Å². The molecule has 1 saturated carbocycles. The van der Waals surface area contributed by atoms with E-state index in [1.54, 1.807) is 0 Å². The van der Waals surface area contributed by atoms with Gasteiger partial charge in [-0.15, -0.1) is 0 Å². The monoisotopic (exact) mass is 215 g/mol.